The quantitative estimate of drug-likeness (QED) is 0.608. The molecule has 0 bridgehead atoms. The topological polar surface area (TPSA) is 64.3 Å². The van der Waals surface area contributed by atoms with Crippen molar-refractivity contribution >= 4 is 24.0 Å². The largest absolute Gasteiger partial charge is 0.491 e. The Balaban J connectivity index is 0.00000312. The van der Waals surface area contributed by atoms with E-state index in [9.17, 15) is 4.79 Å². The third-order valence-corrected chi connectivity index (χ3v) is 3.72. The Morgan fingerprint density at radius 1 is 1.08 bits per heavy atom. The molecule has 0 unspecified atom stereocenters. The van der Waals surface area contributed by atoms with Crippen molar-refractivity contribution in [1.82, 2.24) is 5.32 Å². The molecule has 4 nitrogen and oxygen atoms in total. The summed E-state index contributed by atoms with van der Waals surface area (Å²) < 4.78 is 5.85. The van der Waals surface area contributed by atoms with Crippen LogP contribution < -0.4 is 15.8 Å². The van der Waals surface area contributed by atoms with E-state index in [0.29, 0.717) is 25.3 Å². The summed E-state index contributed by atoms with van der Waals surface area (Å²) in [6.45, 7) is 7.39. The SMILES string of the molecule is CC(C)(C)c1ccccc1OCCNC(=O)Cc1ccc(N)cc1.Cl. The summed E-state index contributed by atoms with van der Waals surface area (Å²) in [5.41, 5.74) is 8.47. The van der Waals surface area contributed by atoms with Crippen LogP contribution in [-0.2, 0) is 16.6 Å². The fourth-order valence-corrected chi connectivity index (χ4v) is 2.45. The molecule has 0 aromatic heterocycles. The van der Waals surface area contributed by atoms with Gasteiger partial charge in [0.2, 0.25) is 5.91 Å². The van der Waals surface area contributed by atoms with Crippen molar-refractivity contribution in [2.45, 2.75) is 32.6 Å². The van der Waals surface area contributed by atoms with Gasteiger partial charge in [0.05, 0.1) is 13.0 Å². The van der Waals surface area contributed by atoms with Crippen LogP contribution in [-0.4, -0.2) is 19.1 Å². The van der Waals surface area contributed by atoms with E-state index in [4.69, 9.17) is 10.5 Å². The van der Waals surface area contributed by atoms with Crippen molar-refractivity contribution in [2.75, 3.05) is 18.9 Å². The summed E-state index contributed by atoms with van der Waals surface area (Å²) in [5, 5.41) is 2.88. The molecule has 136 valence electrons. The van der Waals surface area contributed by atoms with Crippen LogP contribution in [0.15, 0.2) is 48.5 Å². The van der Waals surface area contributed by atoms with Gasteiger partial charge in [-0.15, -0.1) is 12.4 Å². The first-order chi connectivity index (χ1) is 11.4. The average molecular weight is 363 g/mol. The number of nitrogens with one attached hydrogen (secondary N) is 1. The van der Waals surface area contributed by atoms with Crippen molar-refractivity contribution in [3.8, 4) is 5.75 Å². The lowest BCUT2D eigenvalue weighted by molar-refractivity contribution is -0.120. The summed E-state index contributed by atoms with van der Waals surface area (Å²) >= 11 is 0. The maximum atomic E-state index is 11.9. The third kappa shape index (κ3) is 6.67. The lowest BCUT2D eigenvalue weighted by atomic mass is 9.86. The second-order valence-electron chi connectivity index (χ2n) is 6.86. The van der Waals surface area contributed by atoms with Crippen LogP contribution in [0.4, 0.5) is 5.69 Å². The molecule has 2 rings (SSSR count). The fraction of sp³-hybridized carbons (Fsp3) is 0.350. The Kier molecular flexibility index (Phi) is 7.78. The Bertz CT molecular complexity index is 679. The number of nitrogens with two attached hydrogens (primary N) is 1. The summed E-state index contributed by atoms with van der Waals surface area (Å²) in [7, 11) is 0. The van der Waals surface area contributed by atoms with Gasteiger partial charge in [-0.05, 0) is 34.7 Å². The number of halogens is 1. The number of rotatable bonds is 6. The Labute approximate surface area is 156 Å². The molecule has 0 saturated carbocycles. The van der Waals surface area contributed by atoms with Crippen LogP contribution in [0.2, 0.25) is 0 Å². The number of benzene rings is 2. The molecule has 0 atom stereocenters. The first-order valence-electron chi connectivity index (χ1n) is 8.19. The van der Waals surface area contributed by atoms with Gasteiger partial charge >= 0.3 is 0 Å². The van der Waals surface area contributed by atoms with Crippen LogP contribution in [0.5, 0.6) is 5.75 Å². The molecular formula is C20H27ClN2O2. The first kappa shape index (κ1) is 20.8. The number of nitrogen functional groups attached to an aromatic ring is 1. The highest BCUT2D eigenvalue weighted by atomic mass is 35.5. The number of ether oxygens (including phenoxy) is 1. The molecule has 25 heavy (non-hydrogen) atoms. The molecule has 0 spiro atoms. The molecule has 1 amide bonds. The Morgan fingerprint density at radius 3 is 2.36 bits per heavy atom. The number of para-hydroxylation sites is 1. The van der Waals surface area contributed by atoms with Crippen LogP contribution in [0.1, 0.15) is 31.9 Å². The monoisotopic (exact) mass is 362 g/mol. The Hall–Kier alpha value is -2.20. The summed E-state index contributed by atoms with van der Waals surface area (Å²) in [6, 6.07) is 15.4. The minimum atomic E-state index is -0.0209. The van der Waals surface area contributed by atoms with Gasteiger partial charge in [0.15, 0.2) is 0 Å². The van der Waals surface area contributed by atoms with Gasteiger partial charge in [0.1, 0.15) is 12.4 Å². The highest BCUT2D eigenvalue weighted by Crippen LogP contribution is 2.30. The smallest absolute Gasteiger partial charge is 0.224 e. The molecule has 2 aromatic rings. The molecule has 5 heteroatoms. The van der Waals surface area contributed by atoms with E-state index in [1.807, 2.05) is 30.3 Å². The van der Waals surface area contributed by atoms with Crippen molar-refractivity contribution < 1.29 is 9.53 Å². The minimum absolute atomic E-state index is 0. The van der Waals surface area contributed by atoms with Crippen molar-refractivity contribution in [3.05, 3.63) is 59.7 Å². The zero-order valence-corrected chi connectivity index (χ0v) is 15.9. The molecule has 0 fully saturated rings. The predicted octanol–water partition coefficient (Wildman–Crippen LogP) is 3.73. The van der Waals surface area contributed by atoms with Crippen LogP contribution in [0, 0.1) is 0 Å². The van der Waals surface area contributed by atoms with Gasteiger partial charge < -0.3 is 15.8 Å². The van der Waals surface area contributed by atoms with Crippen molar-refractivity contribution in [3.63, 3.8) is 0 Å². The number of carbonyl (C=O) groups is 1. The maximum absolute atomic E-state index is 11.9. The molecule has 3 N–H and O–H groups in total. The molecule has 0 aliphatic carbocycles. The van der Waals surface area contributed by atoms with E-state index < -0.39 is 0 Å². The number of hydrogen-bond donors (Lipinski definition) is 2. The van der Waals surface area contributed by atoms with Crippen molar-refractivity contribution in [1.29, 1.82) is 0 Å². The van der Waals surface area contributed by atoms with E-state index in [0.717, 1.165) is 11.3 Å². The van der Waals surface area contributed by atoms with E-state index >= 15 is 0 Å². The van der Waals surface area contributed by atoms with E-state index in [1.165, 1.54) is 5.56 Å². The van der Waals surface area contributed by atoms with Gasteiger partial charge in [-0.1, -0.05) is 51.1 Å². The Morgan fingerprint density at radius 2 is 1.72 bits per heavy atom. The van der Waals surface area contributed by atoms with Gasteiger partial charge in [0.25, 0.3) is 0 Å². The zero-order valence-electron chi connectivity index (χ0n) is 15.0. The fourth-order valence-electron chi connectivity index (χ4n) is 2.45. The van der Waals surface area contributed by atoms with Crippen LogP contribution >= 0.6 is 12.4 Å². The van der Waals surface area contributed by atoms with E-state index in [2.05, 4.69) is 32.2 Å². The first-order valence-corrected chi connectivity index (χ1v) is 8.19. The van der Waals surface area contributed by atoms with Gasteiger partial charge in [-0.2, -0.15) is 0 Å². The highest BCUT2D eigenvalue weighted by molar-refractivity contribution is 5.85. The van der Waals surface area contributed by atoms with Gasteiger partial charge in [0, 0.05) is 5.69 Å². The van der Waals surface area contributed by atoms with E-state index in [-0.39, 0.29) is 23.7 Å². The second-order valence-corrected chi connectivity index (χ2v) is 6.86. The third-order valence-electron chi connectivity index (χ3n) is 3.72. The predicted molar refractivity (Wildman–Crippen MR) is 105 cm³/mol. The molecule has 0 aliphatic heterocycles. The lowest BCUT2D eigenvalue weighted by Gasteiger charge is -2.22. The highest BCUT2D eigenvalue weighted by Gasteiger charge is 2.18. The second kappa shape index (κ2) is 9.33. The number of carbonyl (C=O) groups excluding carboxylic acids is 1. The number of hydrogen-bond acceptors (Lipinski definition) is 3. The maximum Gasteiger partial charge on any atom is 0.224 e. The van der Waals surface area contributed by atoms with Crippen LogP contribution in [0.3, 0.4) is 0 Å². The minimum Gasteiger partial charge on any atom is -0.491 e. The van der Waals surface area contributed by atoms with Gasteiger partial charge in [-0.25, -0.2) is 0 Å². The zero-order chi connectivity index (χ0) is 17.6. The lowest BCUT2D eigenvalue weighted by Crippen LogP contribution is -2.29. The molecule has 0 radical (unpaired) electrons. The summed E-state index contributed by atoms with van der Waals surface area (Å²) in [5.74, 6) is 0.852. The summed E-state index contributed by atoms with van der Waals surface area (Å²) in [6.07, 6.45) is 0.346. The number of amides is 1. The molecule has 2 aromatic carbocycles. The van der Waals surface area contributed by atoms with Gasteiger partial charge in [-0.3, -0.25) is 4.79 Å². The summed E-state index contributed by atoms with van der Waals surface area (Å²) in [4.78, 5) is 11.9. The average Bonchev–Trinajstić information content (AvgIpc) is 2.53. The van der Waals surface area contributed by atoms with Crippen molar-refractivity contribution in [2.24, 2.45) is 0 Å². The normalized spacial score (nSPS) is 10.7. The standard InChI is InChI=1S/C20H26N2O2.ClH/c1-20(2,3)17-6-4-5-7-18(17)24-13-12-22-19(23)14-15-8-10-16(21)11-9-15;/h4-11H,12-14,21H2,1-3H3,(H,22,23);1H. The van der Waals surface area contributed by atoms with Crippen LogP contribution in [0.25, 0.3) is 0 Å². The molecular weight excluding hydrogens is 336 g/mol. The molecule has 0 saturated heterocycles. The molecule has 0 aliphatic rings. The van der Waals surface area contributed by atoms with E-state index in [1.54, 1.807) is 12.1 Å². The number of anilines is 1. The molecule has 0 heterocycles.